The zero-order valence-electron chi connectivity index (χ0n) is 11.4. The van der Waals surface area contributed by atoms with Gasteiger partial charge < -0.3 is 5.32 Å². The lowest BCUT2D eigenvalue weighted by atomic mass is 10.1. The lowest BCUT2D eigenvalue weighted by molar-refractivity contribution is 0.232. The number of sulfonamides is 1. The Bertz CT molecular complexity index is 627. The Kier molecular flexibility index (Phi) is 5.65. The first kappa shape index (κ1) is 18.2. The Hall–Kier alpha value is -0.830. The Balaban J connectivity index is 0.00000220. The van der Waals surface area contributed by atoms with Gasteiger partial charge in [0.25, 0.3) is 0 Å². The number of halogens is 4. The van der Waals surface area contributed by atoms with Crippen molar-refractivity contribution >= 4 is 22.4 Å². The van der Waals surface area contributed by atoms with E-state index < -0.39 is 38.4 Å². The van der Waals surface area contributed by atoms with Crippen molar-refractivity contribution in [1.29, 1.82) is 0 Å². The third-order valence-electron chi connectivity index (χ3n) is 3.54. The maximum Gasteiger partial charge on any atom is 0.246 e. The van der Waals surface area contributed by atoms with E-state index in [2.05, 4.69) is 5.32 Å². The number of rotatable bonds is 2. The average Bonchev–Trinajstić information content (AvgIpc) is 2.36. The van der Waals surface area contributed by atoms with Gasteiger partial charge in [-0.1, -0.05) is 0 Å². The summed E-state index contributed by atoms with van der Waals surface area (Å²) in [6.45, 7) is 4.03. The van der Waals surface area contributed by atoms with Gasteiger partial charge in [-0.25, -0.2) is 21.6 Å². The number of hydrogen-bond acceptors (Lipinski definition) is 3. The summed E-state index contributed by atoms with van der Waals surface area (Å²) < 4.78 is 65.7. The van der Waals surface area contributed by atoms with Crippen molar-refractivity contribution in [1.82, 2.24) is 9.62 Å². The van der Waals surface area contributed by atoms with Crippen LogP contribution in [0.5, 0.6) is 0 Å². The molecule has 1 aromatic rings. The molecule has 2 rings (SSSR count). The summed E-state index contributed by atoms with van der Waals surface area (Å²) in [7, 11) is -4.20. The van der Waals surface area contributed by atoms with Crippen LogP contribution >= 0.6 is 12.4 Å². The first-order chi connectivity index (χ1) is 9.25. The minimum Gasteiger partial charge on any atom is -0.311 e. The van der Waals surface area contributed by atoms with Crippen LogP contribution in [-0.4, -0.2) is 37.9 Å². The van der Waals surface area contributed by atoms with Crippen LogP contribution in [-0.2, 0) is 10.0 Å². The maximum absolute atomic E-state index is 13.7. The Morgan fingerprint density at radius 2 is 1.71 bits per heavy atom. The Morgan fingerprint density at radius 3 is 2.33 bits per heavy atom. The van der Waals surface area contributed by atoms with Crippen LogP contribution in [0.2, 0.25) is 0 Å². The van der Waals surface area contributed by atoms with E-state index in [0.29, 0.717) is 12.6 Å². The molecule has 1 aliphatic rings. The fraction of sp³-hybridized carbons (Fsp3) is 0.500. The summed E-state index contributed by atoms with van der Waals surface area (Å²) in [4.78, 5) is -0.836. The zero-order chi connectivity index (χ0) is 15.1. The van der Waals surface area contributed by atoms with Gasteiger partial charge in [-0.3, -0.25) is 0 Å². The maximum atomic E-state index is 13.7. The third kappa shape index (κ3) is 3.33. The molecule has 0 aliphatic carbocycles. The largest absolute Gasteiger partial charge is 0.311 e. The van der Waals surface area contributed by atoms with Crippen molar-refractivity contribution < 1.29 is 21.6 Å². The number of nitrogens with one attached hydrogen (secondary N) is 1. The number of benzene rings is 1. The fourth-order valence-electron chi connectivity index (χ4n) is 2.19. The van der Waals surface area contributed by atoms with Gasteiger partial charge in [-0.05, 0) is 19.9 Å². The van der Waals surface area contributed by atoms with Crippen LogP contribution in [0.3, 0.4) is 0 Å². The van der Waals surface area contributed by atoms with E-state index in [1.807, 2.05) is 0 Å². The second-order valence-electron chi connectivity index (χ2n) is 4.80. The van der Waals surface area contributed by atoms with E-state index in [1.165, 1.54) is 0 Å². The molecule has 21 heavy (non-hydrogen) atoms. The van der Waals surface area contributed by atoms with Gasteiger partial charge in [0.1, 0.15) is 10.7 Å². The van der Waals surface area contributed by atoms with Gasteiger partial charge in [0.2, 0.25) is 10.0 Å². The quantitative estimate of drug-likeness (QED) is 0.834. The van der Waals surface area contributed by atoms with Crippen LogP contribution < -0.4 is 5.32 Å². The molecule has 1 aromatic carbocycles. The molecule has 1 aliphatic heterocycles. The zero-order valence-corrected chi connectivity index (χ0v) is 13.1. The molecule has 120 valence electrons. The second kappa shape index (κ2) is 6.51. The van der Waals surface area contributed by atoms with Crippen LogP contribution in [0, 0.1) is 17.5 Å². The molecule has 1 N–H and O–H groups in total. The number of nitrogens with zero attached hydrogens (tertiary/aromatic N) is 1. The predicted octanol–water partition coefficient (Wildman–Crippen LogP) is 1.90. The standard InChI is InChI=1S/C12H15F3N2O2S.ClH/c1-7-8(2)17(4-3-16-7)20(18,19)12-6-10(14)9(13)5-11(12)15;/h5-8,16H,3-4H2,1-2H3;1H. The van der Waals surface area contributed by atoms with Gasteiger partial charge in [-0.2, -0.15) is 4.31 Å². The lowest BCUT2D eigenvalue weighted by Crippen LogP contribution is -2.57. The molecule has 0 amide bonds. The van der Waals surface area contributed by atoms with Gasteiger partial charge in [-0.15, -0.1) is 12.4 Å². The summed E-state index contributed by atoms with van der Waals surface area (Å²) in [5, 5.41) is 3.09. The van der Waals surface area contributed by atoms with Crippen molar-refractivity contribution in [3.8, 4) is 0 Å². The van der Waals surface area contributed by atoms with Crippen LogP contribution in [0.1, 0.15) is 13.8 Å². The number of piperazine rings is 1. The molecule has 1 heterocycles. The van der Waals surface area contributed by atoms with Crippen LogP contribution in [0.4, 0.5) is 13.2 Å². The molecule has 0 aromatic heterocycles. The molecule has 4 nitrogen and oxygen atoms in total. The third-order valence-corrected chi connectivity index (χ3v) is 5.54. The van der Waals surface area contributed by atoms with Crippen molar-refractivity contribution in [2.75, 3.05) is 13.1 Å². The average molecular weight is 345 g/mol. The first-order valence-corrected chi connectivity index (χ1v) is 7.59. The molecule has 0 radical (unpaired) electrons. The van der Waals surface area contributed by atoms with Crippen LogP contribution in [0.25, 0.3) is 0 Å². The van der Waals surface area contributed by atoms with Crippen molar-refractivity contribution in [2.45, 2.75) is 30.8 Å². The summed E-state index contributed by atoms with van der Waals surface area (Å²) in [5.74, 6) is -4.09. The molecular weight excluding hydrogens is 329 g/mol. The Morgan fingerprint density at radius 1 is 1.14 bits per heavy atom. The molecule has 0 saturated carbocycles. The van der Waals surface area contributed by atoms with Crippen molar-refractivity contribution in [2.24, 2.45) is 0 Å². The normalized spacial score (nSPS) is 23.7. The summed E-state index contributed by atoms with van der Waals surface area (Å²) in [5.41, 5.74) is 0. The van der Waals surface area contributed by atoms with Gasteiger partial charge in [0.15, 0.2) is 11.6 Å². The fourth-order valence-corrected chi connectivity index (χ4v) is 3.96. The summed E-state index contributed by atoms with van der Waals surface area (Å²) in [6.07, 6.45) is 0. The van der Waals surface area contributed by atoms with E-state index in [1.54, 1.807) is 13.8 Å². The SMILES string of the molecule is CC1NCCN(S(=O)(=O)c2cc(F)c(F)cc2F)C1C.Cl. The summed E-state index contributed by atoms with van der Waals surface area (Å²) in [6, 6.07) is 0.103. The van der Waals surface area contributed by atoms with Gasteiger partial charge >= 0.3 is 0 Å². The van der Waals surface area contributed by atoms with E-state index in [9.17, 15) is 21.6 Å². The highest BCUT2D eigenvalue weighted by molar-refractivity contribution is 7.89. The molecule has 1 saturated heterocycles. The lowest BCUT2D eigenvalue weighted by Gasteiger charge is -2.37. The Labute approximate surface area is 127 Å². The second-order valence-corrected chi connectivity index (χ2v) is 6.65. The molecule has 0 spiro atoms. The number of hydrogen-bond donors (Lipinski definition) is 1. The molecule has 0 bridgehead atoms. The topological polar surface area (TPSA) is 49.4 Å². The highest BCUT2D eigenvalue weighted by Crippen LogP contribution is 2.25. The summed E-state index contributed by atoms with van der Waals surface area (Å²) >= 11 is 0. The van der Waals surface area contributed by atoms with Gasteiger partial charge in [0, 0.05) is 31.2 Å². The first-order valence-electron chi connectivity index (χ1n) is 6.15. The molecule has 2 unspecified atom stereocenters. The molecule has 1 fully saturated rings. The molecular formula is C12H16ClF3N2O2S. The monoisotopic (exact) mass is 344 g/mol. The van der Waals surface area contributed by atoms with E-state index >= 15 is 0 Å². The molecule has 2 atom stereocenters. The van der Waals surface area contributed by atoms with E-state index in [4.69, 9.17) is 0 Å². The van der Waals surface area contributed by atoms with E-state index in [-0.39, 0.29) is 31.1 Å². The predicted molar refractivity (Wildman–Crippen MR) is 74.4 cm³/mol. The smallest absolute Gasteiger partial charge is 0.246 e. The highest BCUT2D eigenvalue weighted by atomic mass is 35.5. The van der Waals surface area contributed by atoms with Crippen molar-refractivity contribution in [3.05, 3.63) is 29.6 Å². The minimum atomic E-state index is -4.20. The van der Waals surface area contributed by atoms with E-state index in [0.717, 1.165) is 4.31 Å². The van der Waals surface area contributed by atoms with Gasteiger partial charge in [0.05, 0.1) is 0 Å². The van der Waals surface area contributed by atoms with Crippen LogP contribution in [0.15, 0.2) is 17.0 Å². The van der Waals surface area contributed by atoms with Crippen molar-refractivity contribution in [3.63, 3.8) is 0 Å². The minimum absolute atomic E-state index is 0. The molecule has 9 heteroatoms. The highest BCUT2D eigenvalue weighted by Gasteiger charge is 2.36.